The summed E-state index contributed by atoms with van der Waals surface area (Å²) in [6.45, 7) is 4.51. The molecule has 0 aliphatic heterocycles. The first kappa shape index (κ1) is 14.5. The molecule has 6 nitrogen and oxygen atoms in total. The van der Waals surface area contributed by atoms with Crippen LogP contribution < -0.4 is 10.5 Å². The molecule has 0 fully saturated rings. The van der Waals surface area contributed by atoms with Gasteiger partial charge >= 0.3 is 6.01 Å². The number of pyridine rings is 1. The Morgan fingerprint density at radius 1 is 1.14 bits per heavy atom. The Balaban J connectivity index is 1.81. The monoisotopic (exact) mass is 297 g/mol. The van der Waals surface area contributed by atoms with Gasteiger partial charge in [0.1, 0.15) is 11.2 Å². The van der Waals surface area contributed by atoms with Crippen molar-refractivity contribution >= 4 is 11.0 Å². The topological polar surface area (TPSA) is 89.7 Å². The van der Waals surface area contributed by atoms with E-state index in [9.17, 15) is 0 Å². The standard InChI is InChI=1S/C16H19N5O/c1-16(2,4-5-17)22-15-20-9-13(10-21-15)12-7-11-3-6-18-14(11)19-8-12/h3,6-10H,4-5,17H2,1-2H3,(H,18,19). The Bertz CT molecular complexity index is 764. The molecule has 22 heavy (non-hydrogen) atoms. The van der Waals surface area contributed by atoms with Crippen molar-refractivity contribution in [1.82, 2.24) is 19.9 Å². The number of nitrogens with zero attached hydrogens (tertiary/aromatic N) is 3. The smallest absolute Gasteiger partial charge is 0.316 e. The van der Waals surface area contributed by atoms with Crippen LogP contribution >= 0.6 is 0 Å². The maximum absolute atomic E-state index is 5.77. The van der Waals surface area contributed by atoms with Gasteiger partial charge in [-0.05, 0) is 38.9 Å². The molecule has 3 aromatic rings. The van der Waals surface area contributed by atoms with E-state index in [1.807, 2.05) is 26.1 Å². The van der Waals surface area contributed by atoms with Crippen LogP contribution in [0.2, 0.25) is 0 Å². The van der Waals surface area contributed by atoms with Crippen LogP contribution in [-0.4, -0.2) is 32.1 Å². The molecule has 3 rings (SSSR count). The average Bonchev–Trinajstić information content (AvgIpc) is 2.95. The van der Waals surface area contributed by atoms with Crippen LogP contribution in [0.4, 0.5) is 0 Å². The summed E-state index contributed by atoms with van der Waals surface area (Å²) < 4.78 is 5.77. The van der Waals surface area contributed by atoms with Gasteiger partial charge in [0.15, 0.2) is 0 Å². The fourth-order valence-electron chi connectivity index (χ4n) is 2.26. The first-order valence-corrected chi connectivity index (χ1v) is 7.22. The van der Waals surface area contributed by atoms with Gasteiger partial charge in [0.05, 0.1) is 0 Å². The van der Waals surface area contributed by atoms with Gasteiger partial charge in [-0.25, -0.2) is 15.0 Å². The SMILES string of the molecule is CC(C)(CCN)Oc1ncc(-c2cnc3[nH]ccc3c2)cn1. The molecule has 0 aliphatic carbocycles. The van der Waals surface area contributed by atoms with Crippen molar-refractivity contribution in [3.63, 3.8) is 0 Å². The number of aromatic nitrogens is 4. The second-order valence-corrected chi connectivity index (χ2v) is 5.79. The van der Waals surface area contributed by atoms with Gasteiger partial charge in [-0.2, -0.15) is 0 Å². The lowest BCUT2D eigenvalue weighted by Gasteiger charge is -2.24. The van der Waals surface area contributed by atoms with Gasteiger partial charge in [0, 0.05) is 41.3 Å². The summed E-state index contributed by atoms with van der Waals surface area (Å²) in [7, 11) is 0. The quantitative estimate of drug-likeness (QED) is 0.755. The lowest BCUT2D eigenvalue weighted by Crippen LogP contribution is -2.31. The molecule has 0 aromatic carbocycles. The zero-order valence-electron chi connectivity index (χ0n) is 12.7. The molecule has 0 spiro atoms. The molecule has 3 heterocycles. The summed E-state index contributed by atoms with van der Waals surface area (Å²) in [4.78, 5) is 16.0. The minimum Gasteiger partial charge on any atom is -0.457 e. The van der Waals surface area contributed by atoms with Crippen molar-refractivity contribution in [1.29, 1.82) is 0 Å². The summed E-state index contributed by atoms with van der Waals surface area (Å²) in [6.07, 6.45) is 7.91. The molecule has 0 aliphatic rings. The fourth-order valence-corrected chi connectivity index (χ4v) is 2.26. The summed E-state index contributed by atoms with van der Waals surface area (Å²) in [6, 6.07) is 4.40. The molecular weight excluding hydrogens is 278 g/mol. The second-order valence-electron chi connectivity index (χ2n) is 5.79. The first-order valence-electron chi connectivity index (χ1n) is 7.22. The Morgan fingerprint density at radius 2 is 1.86 bits per heavy atom. The fraction of sp³-hybridized carbons (Fsp3) is 0.312. The predicted molar refractivity (Wildman–Crippen MR) is 85.5 cm³/mol. The third-order valence-corrected chi connectivity index (χ3v) is 3.48. The molecule has 0 bridgehead atoms. The van der Waals surface area contributed by atoms with E-state index in [4.69, 9.17) is 10.5 Å². The van der Waals surface area contributed by atoms with Crippen molar-refractivity contribution in [3.8, 4) is 17.1 Å². The number of nitrogens with two attached hydrogens (primary N) is 1. The number of hydrogen-bond acceptors (Lipinski definition) is 5. The van der Waals surface area contributed by atoms with Crippen molar-refractivity contribution in [3.05, 3.63) is 36.9 Å². The normalized spacial score (nSPS) is 11.8. The minimum absolute atomic E-state index is 0.359. The molecule has 0 saturated carbocycles. The number of ether oxygens (including phenoxy) is 1. The van der Waals surface area contributed by atoms with Crippen LogP contribution in [0.5, 0.6) is 6.01 Å². The van der Waals surface area contributed by atoms with Crippen LogP contribution in [0, 0.1) is 0 Å². The first-order chi connectivity index (χ1) is 10.6. The van der Waals surface area contributed by atoms with Crippen LogP contribution in [-0.2, 0) is 0 Å². The van der Waals surface area contributed by atoms with Gasteiger partial charge in [0.25, 0.3) is 0 Å². The van der Waals surface area contributed by atoms with Crippen LogP contribution in [0.15, 0.2) is 36.9 Å². The largest absolute Gasteiger partial charge is 0.457 e. The van der Waals surface area contributed by atoms with Crippen molar-refractivity contribution in [2.45, 2.75) is 25.9 Å². The highest BCUT2D eigenvalue weighted by atomic mass is 16.5. The maximum atomic E-state index is 5.77. The Kier molecular flexibility index (Phi) is 3.77. The number of aromatic amines is 1. The lowest BCUT2D eigenvalue weighted by atomic mass is 10.1. The van der Waals surface area contributed by atoms with Gasteiger partial charge in [-0.3, -0.25) is 0 Å². The highest BCUT2D eigenvalue weighted by Crippen LogP contribution is 2.23. The van der Waals surface area contributed by atoms with Crippen LogP contribution in [0.25, 0.3) is 22.2 Å². The van der Waals surface area contributed by atoms with E-state index in [0.717, 1.165) is 28.6 Å². The number of hydrogen-bond donors (Lipinski definition) is 2. The molecular formula is C16H19N5O. The number of rotatable bonds is 5. The molecule has 0 amide bonds. The second kappa shape index (κ2) is 5.73. The zero-order valence-corrected chi connectivity index (χ0v) is 12.7. The molecule has 0 saturated heterocycles. The van der Waals surface area contributed by atoms with Gasteiger partial charge < -0.3 is 15.5 Å². The Labute approximate surface area is 128 Å². The average molecular weight is 297 g/mol. The number of H-pyrrole nitrogens is 1. The Hall–Kier alpha value is -2.47. The van der Waals surface area contributed by atoms with E-state index in [1.165, 1.54) is 0 Å². The highest BCUT2D eigenvalue weighted by Gasteiger charge is 2.20. The molecule has 0 atom stereocenters. The molecule has 114 valence electrons. The van der Waals surface area contributed by atoms with Crippen molar-refractivity contribution in [2.75, 3.05) is 6.54 Å². The van der Waals surface area contributed by atoms with Crippen molar-refractivity contribution in [2.24, 2.45) is 5.73 Å². The summed E-state index contributed by atoms with van der Waals surface area (Å²) in [5.41, 5.74) is 7.94. The number of fused-ring (bicyclic) bond motifs is 1. The van der Waals surface area contributed by atoms with Crippen LogP contribution in [0.1, 0.15) is 20.3 Å². The van der Waals surface area contributed by atoms with E-state index in [0.29, 0.717) is 12.6 Å². The third-order valence-electron chi connectivity index (χ3n) is 3.48. The molecule has 0 unspecified atom stereocenters. The van der Waals surface area contributed by atoms with E-state index in [1.54, 1.807) is 18.6 Å². The van der Waals surface area contributed by atoms with E-state index in [2.05, 4.69) is 26.0 Å². The van der Waals surface area contributed by atoms with Gasteiger partial charge in [-0.1, -0.05) is 0 Å². The van der Waals surface area contributed by atoms with Gasteiger partial charge in [-0.15, -0.1) is 0 Å². The third kappa shape index (κ3) is 3.07. The van der Waals surface area contributed by atoms with Crippen LogP contribution in [0.3, 0.4) is 0 Å². The lowest BCUT2D eigenvalue weighted by molar-refractivity contribution is 0.0897. The Morgan fingerprint density at radius 3 is 2.59 bits per heavy atom. The molecule has 3 aromatic heterocycles. The van der Waals surface area contributed by atoms with Gasteiger partial charge in [0.2, 0.25) is 0 Å². The summed E-state index contributed by atoms with van der Waals surface area (Å²) >= 11 is 0. The molecule has 3 N–H and O–H groups in total. The van der Waals surface area contributed by atoms with E-state index >= 15 is 0 Å². The number of nitrogens with one attached hydrogen (secondary N) is 1. The molecule has 6 heteroatoms. The molecule has 0 radical (unpaired) electrons. The minimum atomic E-state index is -0.373. The zero-order chi connectivity index (χ0) is 15.6. The van der Waals surface area contributed by atoms with Crippen molar-refractivity contribution < 1.29 is 4.74 Å². The highest BCUT2D eigenvalue weighted by molar-refractivity contribution is 5.80. The summed E-state index contributed by atoms with van der Waals surface area (Å²) in [5, 5.41) is 1.06. The summed E-state index contributed by atoms with van der Waals surface area (Å²) in [5.74, 6) is 0. The maximum Gasteiger partial charge on any atom is 0.316 e. The predicted octanol–water partition coefficient (Wildman–Crippen LogP) is 2.53. The van der Waals surface area contributed by atoms with E-state index < -0.39 is 0 Å². The van der Waals surface area contributed by atoms with E-state index in [-0.39, 0.29) is 5.60 Å².